The van der Waals surface area contributed by atoms with Crippen molar-refractivity contribution < 1.29 is 13.2 Å². The molecule has 6 nitrogen and oxygen atoms in total. The largest absolute Gasteiger partial charge is 0.348 e. The van der Waals surface area contributed by atoms with E-state index < -0.39 is 10.0 Å². The summed E-state index contributed by atoms with van der Waals surface area (Å²) in [6, 6.07) is 23.3. The Hall–Kier alpha value is -3.63. The van der Waals surface area contributed by atoms with Crippen molar-refractivity contribution in [2.45, 2.75) is 11.4 Å². The summed E-state index contributed by atoms with van der Waals surface area (Å²) in [6.07, 6.45) is 0. The molecule has 0 heterocycles. The Labute approximate surface area is 163 Å². The zero-order chi connectivity index (χ0) is 20.0. The average molecular weight is 391 g/mol. The van der Waals surface area contributed by atoms with E-state index in [1.165, 1.54) is 24.3 Å². The predicted octanol–water partition coefficient (Wildman–Crippen LogP) is 3.29. The third-order valence-electron chi connectivity index (χ3n) is 3.95. The van der Waals surface area contributed by atoms with Crippen molar-refractivity contribution in [3.8, 4) is 6.07 Å². The molecule has 7 heteroatoms. The molecule has 0 saturated heterocycles. The van der Waals surface area contributed by atoms with Crippen LogP contribution in [-0.4, -0.2) is 14.3 Å². The first kappa shape index (κ1) is 19.1. The quantitative estimate of drug-likeness (QED) is 0.673. The lowest BCUT2D eigenvalue weighted by Crippen LogP contribution is -2.23. The summed E-state index contributed by atoms with van der Waals surface area (Å²) >= 11 is 0. The Kier molecular flexibility index (Phi) is 5.72. The molecule has 0 radical (unpaired) electrons. The number of sulfonamides is 1. The fourth-order valence-corrected chi connectivity index (χ4v) is 3.65. The standard InChI is InChI=1S/C21H17N3O3S/c22-14-17-8-4-10-19(12-17)24-28(26,27)20-11-5-9-18(13-20)21(25)23-15-16-6-2-1-3-7-16/h1-13,24H,15H2,(H,23,25). The monoisotopic (exact) mass is 391 g/mol. The molecular formula is C21H17N3O3S. The number of carbonyl (C=O) groups excluding carboxylic acids is 1. The van der Waals surface area contributed by atoms with E-state index >= 15 is 0 Å². The molecule has 1 amide bonds. The summed E-state index contributed by atoms with van der Waals surface area (Å²) in [6.45, 7) is 0.343. The van der Waals surface area contributed by atoms with Crippen LogP contribution in [0.15, 0.2) is 83.8 Å². The van der Waals surface area contributed by atoms with Crippen LogP contribution in [0, 0.1) is 11.3 Å². The van der Waals surface area contributed by atoms with Crippen molar-refractivity contribution >= 4 is 21.6 Å². The van der Waals surface area contributed by atoms with Gasteiger partial charge in [-0.3, -0.25) is 9.52 Å². The van der Waals surface area contributed by atoms with Gasteiger partial charge in [0, 0.05) is 12.1 Å². The van der Waals surface area contributed by atoms with Gasteiger partial charge in [0.15, 0.2) is 0 Å². The molecule has 2 N–H and O–H groups in total. The van der Waals surface area contributed by atoms with E-state index in [2.05, 4.69) is 10.0 Å². The fraction of sp³-hybridized carbons (Fsp3) is 0.0476. The second-order valence-corrected chi connectivity index (χ2v) is 7.68. The zero-order valence-electron chi connectivity index (χ0n) is 14.8. The van der Waals surface area contributed by atoms with Crippen LogP contribution in [0.25, 0.3) is 0 Å². The molecule has 0 aliphatic rings. The molecule has 3 aromatic carbocycles. The highest BCUT2D eigenvalue weighted by atomic mass is 32.2. The fourth-order valence-electron chi connectivity index (χ4n) is 2.55. The van der Waals surface area contributed by atoms with Gasteiger partial charge in [0.1, 0.15) is 0 Å². The van der Waals surface area contributed by atoms with E-state index in [1.54, 1.807) is 24.3 Å². The Balaban J connectivity index is 1.75. The number of nitriles is 1. The highest BCUT2D eigenvalue weighted by Gasteiger charge is 2.16. The van der Waals surface area contributed by atoms with E-state index in [9.17, 15) is 13.2 Å². The van der Waals surface area contributed by atoms with Crippen LogP contribution in [0.1, 0.15) is 21.5 Å². The van der Waals surface area contributed by atoms with Gasteiger partial charge < -0.3 is 5.32 Å². The molecule has 0 fully saturated rings. The Morgan fingerprint density at radius 2 is 1.68 bits per heavy atom. The number of nitrogens with one attached hydrogen (secondary N) is 2. The number of hydrogen-bond donors (Lipinski definition) is 2. The molecule has 3 aromatic rings. The Bertz CT molecular complexity index is 1140. The second kappa shape index (κ2) is 8.37. The van der Waals surface area contributed by atoms with Crippen molar-refractivity contribution in [3.05, 3.63) is 95.6 Å². The van der Waals surface area contributed by atoms with Gasteiger partial charge in [-0.15, -0.1) is 0 Å². The summed E-state index contributed by atoms with van der Waals surface area (Å²) in [5.74, 6) is -0.368. The van der Waals surface area contributed by atoms with E-state index in [4.69, 9.17) is 5.26 Å². The number of hydrogen-bond acceptors (Lipinski definition) is 4. The smallest absolute Gasteiger partial charge is 0.261 e. The highest BCUT2D eigenvalue weighted by Crippen LogP contribution is 2.18. The molecule has 28 heavy (non-hydrogen) atoms. The van der Waals surface area contributed by atoms with Crippen LogP contribution in [0.2, 0.25) is 0 Å². The van der Waals surface area contributed by atoms with Crippen LogP contribution in [0.3, 0.4) is 0 Å². The molecule has 0 aliphatic carbocycles. The van der Waals surface area contributed by atoms with Crippen molar-refractivity contribution in [3.63, 3.8) is 0 Å². The highest BCUT2D eigenvalue weighted by molar-refractivity contribution is 7.92. The van der Waals surface area contributed by atoms with Crippen LogP contribution < -0.4 is 10.0 Å². The minimum absolute atomic E-state index is 0.0396. The third-order valence-corrected chi connectivity index (χ3v) is 5.33. The van der Waals surface area contributed by atoms with Gasteiger partial charge in [-0.1, -0.05) is 42.5 Å². The number of carbonyl (C=O) groups is 1. The Morgan fingerprint density at radius 3 is 2.43 bits per heavy atom. The first-order valence-electron chi connectivity index (χ1n) is 8.43. The Morgan fingerprint density at radius 1 is 0.929 bits per heavy atom. The number of anilines is 1. The van der Waals surface area contributed by atoms with Gasteiger partial charge >= 0.3 is 0 Å². The van der Waals surface area contributed by atoms with Gasteiger partial charge in [-0.2, -0.15) is 5.26 Å². The van der Waals surface area contributed by atoms with E-state index in [0.717, 1.165) is 5.56 Å². The summed E-state index contributed by atoms with van der Waals surface area (Å²) in [4.78, 5) is 12.3. The molecule has 140 valence electrons. The first-order valence-corrected chi connectivity index (χ1v) is 9.91. The molecule has 0 atom stereocenters. The van der Waals surface area contributed by atoms with Gasteiger partial charge in [0.2, 0.25) is 0 Å². The van der Waals surface area contributed by atoms with Crippen molar-refractivity contribution in [1.82, 2.24) is 5.32 Å². The van der Waals surface area contributed by atoms with Crippen LogP contribution >= 0.6 is 0 Å². The summed E-state index contributed by atoms with van der Waals surface area (Å²) in [5, 5.41) is 11.7. The minimum atomic E-state index is -3.90. The summed E-state index contributed by atoms with van der Waals surface area (Å²) < 4.78 is 27.7. The van der Waals surface area contributed by atoms with Crippen LogP contribution in [0.4, 0.5) is 5.69 Å². The SMILES string of the molecule is N#Cc1cccc(NS(=O)(=O)c2cccc(C(=O)NCc3ccccc3)c2)c1. The first-order chi connectivity index (χ1) is 13.5. The molecular weight excluding hydrogens is 374 g/mol. The molecule has 0 unspecified atom stereocenters. The molecule has 0 bridgehead atoms. The predicted molar refractivity (Wildman–Crippen MR) is 106 cm³/mol. The average Bonchev–Trinajstić information content (AvgIpc) is 2.72. The van der Waals surface area contributed by atoms with Crippen molar-refractivity contribution in [2.75, 3.05) is 4.72 Å². The van der Waals surface area contributed by atoms with E-state index in [-0.39, 0.29) is 22.1 Å². The second-order valence-electron chi connectivity index (χ2n) is 5.99. The molecule has 0 spiro atoms. The van der Waals surface area contributed by atoms with Crippen molar-refractivity contribution in [1.29, 1.82) is 5.26 Å². The molecule has 0 aliphatic heterocycles. The van der Waals surface area contributed by atoms with Crippen molar-refractivity contribution in [2.24, 2.45) is 0 Å². The minimum Gasteiger partial charge on any atom is -0.348 e. The lowest BCUT2D eigenvalue weighted by molar-refractivity contribution is 0.0950. The van der Waals surface area contributed by atoms with Gasteiger partial charge in [-0.25, -0.2) is 8.42 Å². The lowest BCUT2D eigenvalue weighted by atomic mass is 10.2. The maximum atomic E-state index is 12.6. The van der Waals surface area contributed by atoms with Crippen LogP contribution in [-0.2, 0) is 16.6 Å². The molecule has 3 rings (SSSR count). The normalized spacial score (nSPS) is 10.7. The summed E-state index contributed by atoms with van der Waals surface area (Å²) in [7, 11) is -3.90. The van der Waals surface area contributed by atoms with E-state index in [0.29, 0.717) is 12.1 Å². The maximum Gasteiger partial charge on any atom is 0.261 e. The number of nitrogens with zero attached hydrogens (tertiary/aromatic N) is 1. The number of rotatable bonds is 6. The molecule has 0 aromatic heterocycles. The van der Waals surface area contributed by atoms with Crippen LogP contribution in [0.5, 0.6) is 0 Å². The molecule has 0 saturated carbocycles. The van der Waals surface area contributed by atoms with Gasteiger partial charge in [-0.05, 0) is 42.0 Å². The topological polar surface area (TPSA) is 99.1 Å². The van der Waals surface area contributed by atoms with E-state index in [1.807, 2.05) is 36.4 Å². The maximum absolute atomic E-state index is 12.6. The number of amides is 1. The lowest BCUT2D eigenvalue weighted by Gasteiger charge is -2.10. The summed E-state index contributed by atoms with van der Waals surface area (Å²) in [5.41, 5.74) is 1.80. The van der Waals surface area contributed by atoms with Gasteiger partial charge in [0.25, 0.3) is 15.9 Å². The third kappa shape index (κ3) is 4.75. The zero-order valence-corrected chi connectivity index (χ0v) is 15.6. The number of benzene rings is 3. The van der Waals surface area contributed by atoms with Gasteiger partial charge in [0.05, 0.1) is 22.2 Å².